The minimum atomic E-state index is -0.103. The summed E-state index contributed by atoms with van der Waals surface area (Å²) in [5.41, 5.74) is 0.671. The van der Waals surface area contributed by atoms with Crippen molar-refractivity contribution in [1.82, 2.24) is 5.32 Å². The van der Waals surface area contributed by atoms with Gasteiger partial charge in [0.1, 0.15) is 5.75 Å². The zero-order valence-electron chi connectivity index (χ0n) is 12.2. The highest BCUT2D eigenvalue weighted by atomic mass is 16.5. The standard InChI is InChI=1S/C15H24N2O3/c1-3-12(8-9-18)10-16-11-15(19)17-13-6-4-5-7-14(13)20-2/h4-7,12,16,18H,3,8-11H2,1-2H3,(H,17,19). The molecule has 0 saturated heterocycles. The van der Waals surface area contributed by atoms with Gasteiger partial charge in [-0.25, -0.2) is 0 Å². The van der Waals surface area contributed by atoms with Crippen molar-refractivity contribution in [2.75, 3.05) is 32.1 Å². The number of methoxy groups -OCH3 is 1. The van der Waals surface area contributed by atoms with Gasteiger partial charge in [0.05, 0.1) is 19.3 Å². The summed E-state index contributed by atoms with van der Waals surface area (Å²) in [6.45, 7) is 3.25. The molecule has 1 rings (SSSR count). The number of aliphatic hydroxyl groups is 1. The van der Waals surface area contributed by atoms with Crippen molar-refractivity contribution >= 4 is 11.6 Å². The fraction of sp³-hybridized carbons (Fsp3) is 0.533. The van der Waals surface area contributed by atoms with Crippen LogP contribution in [-0.4, -0.2) is 37.8 Å². The van der Waals surface area contributed by atoms with Gasteiger partial charge in [0.25, 0.3) is 0 Å². The Labute approximate surface area is 120 Å². The first kappa shape index (κ1) is 16.5. The molecule has 0 saturated carbocycles. The summed E-state index contributed by atoms with van der Waals surface area (Å²) in [7, 11) is 1.57. The third-order valence-corrected chi connectivity index (χ3v) is 3.21. The van der Waals surface area contributed by atoms with Crippen LogP contribution in [0.3, 0.4) is 0 Å². The minimum Gasteiger partial charge on any atom is -0.495 e. The van der Waals surface area contributed by atoms with E-state index in [0.29, 0.717) is 17.4 Å². The van der Waals surface area contributed by atoms with Gasteiger partial charge in [-0.05, 0) is 31.0 Å². The zero-order valence-corrected chi connectivity index (χ0v) is 12.2. The number of amides is 1. The highest BCUT2D eigenvalue weighted by Crippen LogP contribution is 2.22. The predicted molar refractivity (Wildman–Crippen MR) is 80.0 cm³/mol. The number of para-hydroxylation sites is 2. The molecule has 0 bridgehead atoms. The molecule has 0 aliphatic rings. The average Bonchev–Trinajstić information content (AvgIpc) is 2.47. The molecular formula is C15H24N2O3. The van der Waals surface area contributed by atoms with Gasteiger partial charge < -0.3 is 20.5 Å². The summed E-state index contributed by atoms with van der Waals surface area (Å²) in [5, 5.41) is 14.8. The van der Waals surface area contributed by atoms with Crippen LogP contribution in [0.5, 0.6) is 5.75 Å². The predicted octanol–water partition coefficient (Wildman–Crippen LogP) is 1.63. The van der Waals surface area contributed by atoms with Gasteiger partial charge in [-0.3, -0.25) is 4.79 Å². The summed E-state index contributed by atoms with van der Waals surface area (Å²) in [5.74, 6) is 0.944. The highest BCUT2D eigenvalue weighted by molar-refractivity contribution is 5.93. The van der Waals surface area contributed by atoms with Crippen LogP contribution in [-0.2, 0) is 4.79 Å². The lowest BCUT2D eigenvalue weighted by Gasteiger charge is -2.14. The fourth-order valence-corrected chi connectivity index (χ4v) is 1.97. The lowest BCUT2D eigenvalue weighted by molar-refractivity contribution is -0.115. The molecule has 0 aliphatic carbocycles. The van der Waals surface area contributed by atoms with Crippen molar-refractivity contribution in [3.63, 3.8) is 0 Å². The molecule has 1 aromatic rings. The highest BCUT2D eigenvalue weighted by Gasteiger charge is 2.08. The van der Waals surface area contributed by atoms with Crippen LogP contribution in [0.1, 0.15) is 19.8 Å². The first-order chi connectivity index (χ1) is 9.71. The van der Waals surface area contributed by atoms with E-state index in [0.717, 1.165) is 19.4 Å². The van der Waals surface area contributed by atoms with Gasteiger partial charge in [0.15, 0.2) is 0 Å². The van der Waals surface area contributed by atoms with E-state index in [1.807, 2.05) is 12.1 Å². The lowest BCUT2D eigenvalue weighted by atomic mass is 10.0. The maximum atomic E-state index is 11.8. The summed E-state index contributed by atoms with van der Waals surface area (Å²) in [6.07, 6.45) is 1.75. The number of hydrogen-bond donors (Lipinski definition) is 3. The number of aliphatic hydroxyl groups excluding tert-OH is 1. The molecule has 5 nitrogen and oxygen atoms in total. The van der Waals surface area contributed by atoms with E-state index in [1.54, 1.807) is 19.2 Å². The van der Waals surface area contributed by atoms with Crippen molar-refractivity contribution < 1.29 is 14.6 Å². The maximum absolute atomic E-state index is 11.8. The Kier molecular flexibility index (Phi) is 7.69. The van der Waals surface area contributed by atoms with Crippen molar-refractivity contribution in [2.45, 2.75) is 19.8 Å². The van der Waals surface area contributed by atoms with Gasteiger partial charge in [-0.1, -0.05) is 25.5 Å². The zero-order chi connectivity index (χ0) is 14.8. The Balaban J connectivity index is 2.36. The Morgan fingerprint density at radius 2 is 2.15 bits per heavy atom. The van der Waals surface area contributed by atoms with E-state index in [-0.39, 0.29) is 19.1 Å². The number of carbonyl (C=O) groups excluding carboxylic acids is 1. The first-order valence-corrected chi connectivity index (χ1v) is 6.95. The van der Waals surface area contributed by atoms with Crippen LogP contribution in [0.25, 0.3) is 0 Å². The first-order valence-electron chi connectivity index (χ1n) is 6.95. The molecule has 0 aliphatic heterocycles. The van der Waals surface area contributed by atoms with E-state index in [4.69, 9.17) is 9.84 Å². The number of carbonyl (C=O) groups is 1. The van der Waals surface area contributed by atoms with Crippen molar-refractivity contribution in [3.05, 3.63) is 24.3 Å². The summed E-state index contributed by atoms with van der Waals surface area (Å²) in [4.78, 5) is 11.8. The molecule has 0 fully saturated rings. The van der Waals surface area contributed by atoms with Crippen LogP contribution in [0.15, 0.2) is 24.3 Å². The van der Waals surface area contributed by atoms with Crippen molar-refractivity contribution in [3.8, 4) is 5.75 Å². The molecule has 112 valence electrons. The average molecular weight is 280 g/mol. The molecule has 3 N–H and O–H groups in total. The van der Waals surface area contributed by atoms with E-state index < -0.39 is 0 Å². The molecule has 0 radical (unpaired) electrons. The quantitative estimate of drug-likeness (QED) is 0.643. The van der Waals surface area contributed by atoms with E-state index in [1.165, 1.54) is 0 Å². The summed E-state index contributed by atoms with van der Waals surface area (Å²) in [6, 6.07) is 7.31. The molecule has 5 heteroatoms. The number of rotatable bonds is 9. The third-order valence-electron chi connectivity index (χ3n) is 3.21. The van der Waals surface area contributed by atoms with Crippen LogP contribution in [0, 0.1) is 5.92 Å². The fourth-order valence-electron chi connectivity index (χ4n) is 1.97. The monoisotopic (exact) mass is 280 g/mol. The number of ether oxygens (including phenoxy) is 1. The second-order valence-electron chi connectivity index (χ2n) is 4.67. The Morgan fingerprint density at radius 3 is 2.80 bits per heavy atom. The topological polar surface area (TPSA) is 70.6 Å². The van der Waals surface area contributed by atoms with Crippen LogP contribution >= 0.6 is 0 Å². The Bertz CT molecular complexity index is 410. The molecule has 1 unspecified atom stereocenters. The van der Waals surface area contributed by atoms with Crippen LogP contribution < -0.4 is 15.4 Å². The van der Waals surface area contributed by atoms with Crippen LogP contribution in [0.2, 0.25) is 0 Å². The van der Waals surface area contributed by atoms with Gasteiger partial charge in [-0.15, -0.1) is 0 Å². The molecular weight excluding hydrogens is 256 g/mol. The number of anilines is 1. The minimum absolute atomic E-state index is 0.103. The van der Waals surface area contributed by atoms with Gasteiger partial charge in [0.2, 0.25) is 5.91 Å². The SMILES string of the molecule is CCC(CCO)CNCC(=O)Nc1ccccc1OC. The normalized spacial score (nSPS) is 11.9. The Morgan fingerprint density at radius 1 is 1.40 bits per heavy atom. The van der Waals surface area contributed by atoms with E-state index >= 15 is 0 Å². The maximum Gasteiger partial charge on any atom is 0.238 e. The second-order valence-corrected chi connectivity index (χ2v) is 4.67. The molecule has 1 amide bonds. The summed E-state index contributed by atoms with van der Waals surface area (Å²) >= 11 is 0. The van der Waals surface area contributed by atoms with Gasteiger partial charge >= 0.3 is 0 Å². The third kappa shape index (κ3) is 5.59. The number of benzene rings is 1. The van der Waals surface area contributed by atoms with Crippen LogP contribution in [0.4, 0.5) is 5.69 Å². The number of hydrogen-bond acceptors (Lipinski definition) is 4. The smallest absolute Gasteiger partial charge is 0.238 e. The van der Waals surface area contributed by atoms with Gasteiger partial charge in [-0.2, -0.15) is 0 Å². The lowest BCUT2D eigenvalue weighted by Crippen LogP contribution is -2.32. The number of nitrogens with one attached hydrogen (secondary N) is 2. The largest absolute Gasteiger partial charge is 0.495 e. The van der Waals surface area contributed by atoms with E-state index in [2.05, 4.69) is 17.6 Å². The van der Waals surface area contributed by atoms with Crippen molar-refractivity contribution in [2.24, 2.45) is 5.92 Å². The molecule has 1 atom stereocenters. The van der Waals surface area contributed by atoms with E-state index in [9.17, 15) is 4.79 Å². The van der Waals surface area contributed by atoms with Crippen molar-refractivity contribution in [1.29, 1.82) is 0 Å². The molecule has 1 aromatic carbocycles. The molecule has 0 aromatic heterocycles. The molecule has 0 spiro atoms. The Hall–Kier alpha value is -1.59. The second kappa shape index (κ2) is 9.34. The summed E-state index contributed by atoms with van der Waals surface area (Å²) < 4.78 is 5.18. The van der Waals surface area contributed by atoms with Gasteiger partial charge in [0, 0.05) is 6.61 Å². The molecule has 20 heavy (non-hydrogen) atoms. The molecule has 0 heterocycles.